The van der Waals surface area contributed by atoms with E-state index in [0.717, 1.165) is 42.5 Å². The molecule has 2 aromatic rings. The number of tetrazole rings is 1. The number of anilines is 1. The van der Waals surface area contributed by atoms with E-state index < -0.39 is 47.5 Å². The molecule has 18 nitrogen and oxygen atoms in total. The average Bonchev–Trinajstić information content (AvgIpc) is 3.65. The van der Waals surface area contributed by atoms with E-state index in [1.54, 1.807) is 4.68 Å². The Morgan fingerprint density at radius 2 is 1.98 bits per heavy atom. The van der Waals surface area contributed by atoms with E-state index in [1.165, 1.54) is 42.8 Å². The molecule has 0 aliphatic carbocycles. The maximum Gasteiger partial charge on any atom is 0.352 e. The minimum Gasteiger partial charge on any atom is -0.479 e. The van der Waals surface area contributed by atoms with Crippen LogP contribution >= 0.6 is 35.1 Å². The topological polar surface area (TPSA) is 244 Å². The number of nitrogens with zero attached hydrogens (tertiary/aromatic N) is 9. The number of nitrogen functional groups attached to an aromatic ring is 1. The van der Waals surface area contributed by atoms with Gasteiger partial charge in [-0.05, 0) is 54.9 Å². The molecule has 21 heteroatoms. The number of aryl methyl sites for hydroxylation is 1. The molecule has 0 spiro atoms. The second-order valence-corrected chi connectivity index (χ2v) is 12.7. The van der Waals surface area contributed by atoms with Crippen LogP contribution in [0.1, 0.15) is 31.5 Å². The van der Waals surface area contributed by atoms with Crippen LogP contribution in [0.25, 0.3) is 0 Å². The minimum absolute atomic E-state index is 0.0283. The molecule has 5 rings (SSSR count). The van der Waals surface area contributed by atoms with Gasteiger partial charge in [-0.15, -0.1) is 16.9 Å². The molecule has 3 aliphatic heterocycles. The van der Waals surface area contributed by atoms with Crippen LogP contribution in [-0.4, -0.2) is 128 Å². The Kier molecular flexibility index (Phi) is 10.3. The van der Waals surface area contributed by atoms with Crippen molar-refractivity contribution in [2.24, 2.45) is 5.16 Å². The quantitative estimate of drug-likeness (QED) is 0.0843. The molecule has 0 radical (unpaired) electrons. The number of piperidine rings is 1. The third-order valence-electron chi connectivity index (χ3n) is 6.92. The second-order valence-electron chi connectivity index (χ2n) is 9.91. The van der Waals surface area contributed by atoms with Crippen molar-refractivity contribution < 1.29 is 34.2 Å². The molecule has 5 heterocycles. The normalized spacial score (nSPS) is 20.7. The van der Waals surface area contributed by atoms with Crippen molar-refractivity contribution >= 4 is 69.7 Å². The van der Waals surface area contributed by atoms with Gasteiger partial charge < -0.3 is 31.0 Å². The molecule has 0 bridgehead atoms. The van der Waals surface area contributed by atoms with E-state index >= 15 is 0 Å². The summed E-state index contributed by atoms with van der Waals surface area (Å²) >= 11 is 3.37. The lowest BCUT2D eigenvalue weighted by molar-refractivity contribution is -0.150. The molecule has 2 fully saturated rings. The van der Waals surface area contributed by atoms with Crippen molar-refractivity contribution in [3.63, 3.8) is 0 Å². The summed E-state index contributed by atoms with van der Waals surface area (Å²) in [6.07, 6.45) is 4.60. The van der Waals surface area contributed by atoms with E-state index in [-0.39, 0.29) is 22.4 Å². The summed E-state index contributed by atoms with van der Waals surface area (Å²) < 4.78 is 5.61. The number of carboxylic acids is 2. The van der Waals surface area contributed by atoms with Crippen LogP contribution in [0.5, 0.6) is 0 Å². The van der Waals surface area contributed by atoms with Gasteiger partial charge in [0, 0.05) is 29.6 Å². The van der Waals surface area contributed by atoms with Crippen LogP contribution in [0.3, 0.4) is 0 Å². The van der Waals surface area contributed by atoms with Crippen molar-refractivity contribution in [2.75, 3.05) is 43.5 Å². The van der Waals surface area contributed by atoms with E-state index in [1.807, 2.05) is 0 Å². The van der Waals surface area contributed by atoms with Gasteiger partial charge in [-0.25, -0.2) is 14.3 Å². The molecule has 44 heavy (non-hydrogen) atoms. The lowest BCUT2D eigenvalue weighted by atomic mass is 10.0. The van der Waals surface area contributed by atoms with E-state index in [4.69, 9.17) is 15.7 Å². The fourth-order valence-electron chi connectivity index (χ4n) is 4.89. The van der Waals surface area contributed by atoms with Gasteiger partial charge >= 0.3 is 11.9 Å². The van der Waals surface area contributed by atoms with Crippen molar-refractivity contribution in [2.45, 2.75) is 48.8 Å². The number of carbonyl (C=O) groups is 4. The van der Waals surface area contributed by atoms with Crippen LogP contribution in [0.15, 0.2) is 21.6 Å². The first-order valence-electron chi connectivity index (χ1n) is 13.6. The number of aromatic nitrogens is 6. The van der Waals surface area contributed by atoms with E-state index in [0.29, 0.717) is 23.0 Å². The first kappa shape index (κ1) is 31.6. The Morgan fingerprint density at radius 1 is 1.18 bits per heavy atom. The number of hydrogen-bond donors (Lipinski definition) is 4. The summed E-state index contributed by atoms with van der Waals surface area (Å²) in [5.41, 5.74) is 5.49. The number of nitrogens with one attached hydrogen (secondary N) is 1. The smallest absolute Gasteiger partial charge is 0.352 e. The lowest BCUT2D eigenvalue weighted by Crippen LogP contribution is -2.71. The van der Waals surface area contributed by atoms with Crippen LogP contribution in [-0.2, 0) is 30.6 Å². The van der Waals surface area contributed by atoms with Crippen LogP contribution in [0, 0.1) is 0 Å². The van der Waals surface area contributed by atoms with Gasteiger partial charge in [-0.3, -0.25) is 14.5 Å². The number of likely N-dealkylation sites (tertiary alicyclic amines) is 1. The number of rotatable bonds is 14. The Hall–Kier alpha value is -3.82. The van der Waals surface area contributed by atoms with Crippen molar-refractivity contribution in [3.05, 3.63) is 17.1 Å². The molecular formula is C23H29N11O7S3. The van der Waals surface area contributed by atoms with Gasteiger partial charge in [0.05, 0.1) is 0 Å². The number of carboxylic acid groups (broad SMARTS) is 2. The maximum atomic E-state index is 13.1. The summed E-state index contributed by atoms with van der Waals surface area (Å²) in [4.78, 5) is 61.4. The lowest BCUT2D eigenvalue weighted by Gasteiger charge is -2.49. The first-order chi connectivity index (χ1) is 21.2. The van der Waals surface area contributed by atoms with Crippen molar-refractivity contribution in [1.82, 2.24) is 44.7 Å². The highest BCUT2D eigenvalue weighted by molar-refractivity contribution is 8.01. The summed E-state index contributed by atoms with van der Waals surface area (Å²) in [6, 6.07) is -1.08. The zero-order chi connectivity index (χ0) is 31.2. The predicted molar refractivity (Wildman–Crippen MR) is 158 cm³/mol. The van der Waals surface area contributed by atoms with Gasteiger partial charge in [0.1, 0.15) is 17.1 Å². The Bertz CT molecular complexity index is 1470. The number of thioether (sulfide) groups is 2. The zero-order valence-electron chi connectivity index (χ0n) is 23.2. The van der Waals surface area contributed by atoms with Crippen molar-refractivity contribution in [1.29, 1.82) is 0 Å². The van der Waals surface area contributed by atoms with Gasteiger partial charge in [0.2, 0.25) is 23.3 Å². The van der Waals surface area contributed by atoms with Gasteiger partial charge in [-0.1, -0.05) is 23.3 Å². The third-order valence-corrected chi connectivity index (χ3v) is 9.84. The van der Waals surface area contributed by atoms with E-state index in [9.17, 15) is 24.3 Å². The van der Waals surface area contributed by atoms with Crippen LogP contribution in [0.4, 0.5) is 5.13 Å². The van der Waals surface area contributed by atoms with Crippen LogP contribution < -0.4 is 11.1 Å². The molecule has 0 aromatic carbocycles. The summed E-state index contributed by atoms with van der Waals surface area (Å²) in [6.45, 7) is 2.98. The number of fused-ring (bicyclic) bond motifs is 1. The molecule has 2 atom stereocenters. The Labute approximate surface area is 262 Å². The molecule has 3 aliphatic rings. The number of nitrogens with two attached hydrogens (primary N) is 1. The van der Waals surface area contributed by atoms with E-state index in [2.05, 4.69) is 40.3 Å². The number of β-lactam (4-membered cyclic amide) rings is 1. The number of oxime groups is 1. The average molecular weight is 668 g/mol. The minimum atomic E-state index is -1.33. The monoisotopic (exact) mass is 667 g/mol. The standard InChI is InChI=1S/C23H29N11O7S3/c24-22-26-17(29-44-22)14(28-41-9-13(35)36)18(37)25-15-19(38)34-16(21(39)40)12(10-42-20(15)34)11-43-23-27-30-31-33(23)8-4-7-32-5-2-1-3-6-32/h15,20H,1-11H2,(H,25,37)(H,35,36)(H,39,40)(H2,24,26,29)/b28-14+. The summed E-state index contributed by atoms with van der Waals surface area (Å²) in [5.74, 6) is -3.81. The highest BCUT2D eigenvalue weighted by atomic mass is 32.2. The molecule has 2 amide bonds. The SMILES string of the molecule is Nc1nc(/C(=N\OCC(=O)O)C(=O)NC2C(=O)N3C(C(=O)O)=C(CSc4nnnn4CCCN4CCCCC4)CSC23)ns1. The Morgan fingerprint density at radius 3 is 2.68 bits per heavy atom. The fourth-order valence-corrected chi connectivity index (χ4v) is 7.71. The highest BCUT2D eigenvalue weighted by Gasteiger charge is 2.54. The molecule has 5 N–H and O–H groups in total. The first-order valence-corrected chi connectivity index (χ1v) is 16.4. The van der Waals surface area contributed by atoms with Gasteiger partial charge in [0.25, 0.3) is 11.8 Å². The number of aliphatic carboxylic acids is 2. The zero-order valence-corrected chi connectivity index (χ0v) is 25.6. The highest BCUT2D eigenvalue weighted by Crippen LogP contribution is 2.41. The number of hydrogen-bond acceptors (Lipinski definition) is 16. The second kappa shape index (κ2) is 14.3. The summed E-state index contributed by atoms with van der Waals surface area (Å²) in [7, 11) is 0. The largest absolute Gasteiger partial charge is 0.479 e. The fraction of sp³-hybridized carbons (Fsp3) is 0.565. The molecule has 2 aromatic heterocycles. The molecule has 0 saturated carbocycles. The third kappa shape index (κ3) is 7.27. The van der Waals surface area contributed by atoms with Crippen molar-refractivity contribution in [3.8, 4) is 0 Å². The molecule has 236 valence electrons. The van der Waals surface area contributed by atoms with Crippen LogP contribution in [0.2, 0.25) is 0 Å². The molecule has 2 saturated heterocycles. The summed E-state index contributed by atoms with van der Waals surface area (Å²) in [5, 5.41) is 36.7. The predicted octanol–water partition coefficient (Wildman–Crippen LogP) is -0.681. The van der Waals surface area contributed by atoms with Gasteiger partial charge in [0.15, 0.2) is 5.13 Å². The Balaban J connectivity index is 1.22. The molecular weight excluding hydrogens is 639 g/mol. The number of amides is 2. The molecule has 2 unspecified atom stereocenters. The van der Waals surface area contributed by atoms with Gasteiger partial charge in [-0.2, -0.15) is 9.36 Å². The number of carbonyl (C=O) groups excluding carboxylic acids is 2. The maximum absolute atomic E-state index is 13.1.